The molecular formula is C8H12NOP. The van der Waals surface area contributed by atoms with Gasteiger partial charge in [-0.25, -0.2) is 0 Å². The number of benzene rings is 1. The van der Waals surface area contributed by atoms with Crippen molar-refractivity contribution in [1.29, 1.82) is 0 Å². The molecule has 1 aromatic carbocycles. The van der Waals surface area contributed by atoms with Gasteiger partial charge in [0.2, 0.25) is 0 Å². The highest BCUT2D eigenvalue weighted by molar-refractivity contribution is 7.63. The van der Waals surface area contributed by atoms with E-state index < -0.39 is 7.29 Å². The van der Waals surface area contributed by atoms with Gasteiger partial charge in [0.1, 0.15) is 0 Å². The first-order valence-corrected chi connectivity index (χ1v) is 6.06. The van der Waals surface area contributed by atoms with Gasteiger partial charge in [-0.1, -0.05) is 18.2 Å². The molecule has 1 aromatic rings. The minimum absolute atomic E-state index is 0.917. The molecule has 0 saturated heterocycles. The van der Waals surface area contributed by atoms with Crippen LogP contribution < -0.4 is 5.09 Å². The first kappa shape index (κ1) is 8.35. The first-order chi connectivity index (χ1) is 5.08. The molecule has 0 bridgehead atoms. The van der Waals surface area contributed by atoms with Crippen LogP contribution in [0.2, 0.25) is 0 Å². The van der Waals surface area contributed by atoms with Crippen molar-refractivity contribution in [3.8, 4) is 0 Å². The molecule has 0 atom stereocenters. The first-order valence-electron chi connectivity index (χ1n) is 3.46. The van der Waals surface area contributed by atoms with Crippen LogP contribution in [-0.2, 0) is 4.57 Å². The molecule has 0 heterocycles. The summed E-state index contributed by atoms with van der Waals surface area (Å²) >= 11 is 0. The van der Waals surface area contributed by atoms with E-state index in [2.05, 4.69) is 5.09 Å². The van der Waals surface area contributed by atoms with Crippen LogP contribution in [0, 0.1) is 0 Å². The number of anilines is 1. The average Bonchev–Trinajstić information content (AvgIpc) is 1.85. The zero-order chi connectivity index (χ0) is 8.32. The molecule has 0 spiro atoms. The Balaban J connectivity index is 2.74. The minimum Gasteiger partial charge on any atom is -0.337 e. The zero-order valence-electron chi connectivity index (χ0n) is 6.74. The van der Waals surface area contributed by atoms with Crippen molar-refractivity contribution in [2.75, 3.05) is 18.4 Å². The van der Waals surface area contributed by atoms with Crippen molar-refractivity contribution in [2.45, 2.75) is 0 Å². The maximum Gasteiger partial charge on any atom is 0.164 e. The second-order valence-electron chi connectivity index (χ2n) is 2.83. The molecular weight excluding hydrogens is 157 g/mol. The third-order valence-electron chi connectivity index (χ3n) is 1.17. The lowest BCUT2D eigenvalue weighted by Gasteiger charge is -2.09. The fourth-order valence-corrected chi connectivity index (χ4v) is 1.59. The summed E-state index contributed by atoms with van der Waals surface area (Å²) < 4.78 is 11.3. The predicted molar refractivity (Wildman–Crippen MR) is 49.5 cm³/mol. The van der Waals surface area contributed by atoms with Gasteiger partial charge in [0.05, 0.1) is 0 Å². The Morgan fingerprint density at radius 3 is 2.18 bits per heavy atom. The molecule has 11 heavy (non-hydrogen) atoms. The molecule has 0 saturated carbocycles. The van der Waals surface area contributed by atoms with Gasteiger partial charge in [0.15, 0.2) is 7.29 Å². The maximum absolute atomic E-state index is 11.3. The van der Waals surface area contributed by atoms with Crippen molar-refractivity contribution in [1.82, 2.24) is 0 Å². The van der Waals surface area contributed by atoms with E-state index in [0.29, 0.717) is 0 Å². The van der Waals surface area contributed by atoms with Crippen molar-refractivity contribution in [3.05, 3.63) is 30.3 Å². The van der Waals surface area contributed by atoms with Crippen LogP contribution in [0.15, 0.2) is 30.3 Å². The number of para-hydroxylation sites is 1. The van der Waals surface area contributed by atoms with E-state index in [4.69, 9.17) is 0 Å². The maximum atomic E-state index is 11.3. The zero-order valence-corrected chi connectivity index (χ0v) is 7.64. The molecule has 0 fully saturated rings. The van der Waals surface area contributed by atoms with Gasteiger partial charge in [-0.2, -0.15) is 0 Å². The lowest BCUT2D eigenvalue weighted by atomic mass is 10.3. The van der Waals surface area contributed by atoms with Gasteiger partial charge in [0, 0.05) is 19.0 Å². The molecule has 0 aliphatic rings. The van der Waals surface area contributed by atoms with E-state index in [9.17, 15) is 4.57 Å². The summed E-state index contributed by atoms with van der Waals surface area (Å²) in [6, 6.07) is 9.57. The Morgan fingerprint density at radius 1 is 1.18 bits per heavy atom. The van der Waals surface area contributed by atoms with E-state index >= 15 is 0 Å². The normalized spacial score (nSPS) is 11.1. The lowest BCUT2D eigenvalue weighted by molar-refractivity contribution is 0.585. The Kier molecular flexibility index (Phi) is 2.35. The van der Waals surface area contributed by atoms with Crippen molar-refractivity contribution in [2.24, 2.45) is 0 Å². The van der Waals surface area contributed by atoms with Crippen LogP contribution in [0.4, 0.5) is 5.69 Å². The molecule has 0 aliphatic heterocycles. The van der Waals surface area contributed by atoms with Crippen LogP contribution in [0.25, 0.3) is 0 Å². The Morgan fingerprint density at radius 2 is 1.73 bits per heavy atom. The summed E-state index contributed by atoms with van der Waals surface area (Å²) in [5.74, 6) is 0. The minimum atomic E-state index is -2.14. The Bertz CT molecular complexity index is 265. The largest absolute Gasteiger partial charge is 0.337 e. The van der Waals surface area contributed by atoms with Crippen molar-refractivity contribution >= 4 is 13.0 Å². The van der Waals surface area contributed by atoms with E-state index in [0.717, 1.165) is 5.69 Å². The van der Waals surface area contributed by atoms with Gasteiger partial charge in [-0.05, 0) is 12.1 Å². The summed E-state index contributed by atoms with van der Waals surface area (Å²) in [4.78, 5) is 0. The fourth-order valence-electron chi connectivity index (χ4n) is 0.824. The van der Waals surface area contributed by atoms with Gasteiger partial charge in [0.25, 0.3) is 0 Å². The highest BCUT2D eigenvalue weighted by Crippen LogP contribution is 2.35. The van der Waals surface area contributed by atoms with Gasteiger partial charge >= 0.3 is 0 Å². The number of rotatable bonds is 2. The average molecular weight is 169 g/mol. The topological polar surface area (TPSA) is 29.1 Å². The van der Waals surface area contributed by atoms with Crippen LogP contribution in [0.1, 0.15) is 0 Å². The highest BCUT2D eigenvalue weighted by atomic mass is 31.2. The molecule has 0 amide bonds. The van der Waals surface area contributed by atoms with E-state index in [-0.39, 0.29) is 0 Å². The number of nitrogens with one attached hydrogen (secondary N) is 1. The smallest absolute Gasteiger partial charge is 0.164 e. The second-order valence-corrected chi connectivity index (χ2v) is 5.75. The van der Waals surface area contributed by atoms with Crippen molar-refractivity contribution in [3.63, 3.8) is 0 Å². The van der Waals surface area contributed by atoms with E-state index in [1.54, 1.807) is 13.3 Å². The van der Waals surface area contributed by atoms with Crippen molar-refractivity contribution < 1.29 is 4.57 Å². The molecule has 1 N–H and O–H groups in total. The predicted octanol–water partition coefficient (Wildman–Crippen LogP) is 2.64. The highest BCUT2D eigenvalue weighted by Gasteiger charge is 2.04. The number of hydrogen-bond donors (Lipinski definition) is 1. The summed E-state index contributed by atoms with van der Waals surface area (Å²) in [6.07, 6.45) is 0. The lowest BCUT2D eigenvalue weighted by Crippen LogP contribution is -1.91. The van der Waals surface area contributed by atoms with Crippen LogP contribution in [0.3, 0.4) is 0 Å². The van der Waals surface area contributed by atoms with E-state index in [1.165, 1.54) is 0 Å². The van der Waals surface area contributed by atoms with Crippen LogP contribution >= 0.6 is 7.29 Å². The van der Waals surface area contributed by atoms with E-state index in [1.807, 2.05) is 30.3 Å². The molecule has 0 unspecified atom stereocenters. The van der Waals surface area contributed by atoms with Crippen LogP contribution in [-0.4, -0.2) is 13.3 Å². The van der Waals surface area contributed by atoms with Gasteiger partial charge < -0.3 is 9.65 Å². The summed E-state index contributed by atoms with van der Waals surface area (Å²) in [7, 11) is -2.14. The quantitative estimate of drug-likeness (QED) is 0.689. The Labute approximate surface area is 67.1 Å². The van der Waals surface area contributed by atoms with Gasteiger partial charge in [-0.3, -0.25) is 0 Å². The summed E-state index contributed by atoms with van der Waals surface area (Å²) in [5, 5.41) is 2.94. The second kappa shape index (κ2) is 3.10. The molecule has 0 aliphatic carbocycles. The monoisotopic (exact) mass is 169 g/mol. The third kappa shape index (κ3) is 3.24. The van der Waals surface area contributed by atoms with Gasteiger partial charge in [-0.15, -0.1) is 0 Å². The molecule has 0 aromatic heterocycles. The molecule has 0 radical (unpaired) electrons. The molecule has 3 heteroatoms. The molecule has 1 rings (SSSR count). The summed E-state index contributed by atoms with van der Waals surface area (Å²) in [6.45, 7) is 3.42. The standard InChI is InChI=1S/C8H12NOP/c1-11(2,10)9-8-6-4-3-5-7-8/h3-7H,1-2H3,(H,9,10). The molecule has 2 nitrogen and oxygen atoms in total. The molecule has 60 valence electrons. The summed E-state index contributed by atoms with van der Waals surface area (Å²) in [5.41, 5.74) is 0.917. The third-order valence-corrected chi connectivity index (χ3v) is 1.97. The fraction of sp³-hybridized carbons (Fsp3) is 0.250. The SMILES string of the molecule is CP(C)(=O)Nc1ccccc1. The van der Waals surface area contributed by atoms with Crippen LogP contribution in [0.5, 0.6) is 0 Å². The Hall–Kier alpha value is -0.750. The number of hydrogen-bond acceptors (Lipinski definition) is 1.